The molecule has 4 heteroatoms. The number of hydrogen-bond acceptors (Lipinski definition) is 2. The number of halogens is 1. The Morgan fingerprint density at radius 2 is 1.53 bits per heavy atom. The van der Waals surface area contributed by atoms with Crippen LogP contribution in [0.25, 0.3) is 5.69 Å². The van der Waals surface area contributed by atoms with Crippen LogP contribution in [0.2, 0.25) is 5.02 Å². The molecule has 0 amide bonds. The molecule has 2 rings (SSSR count). The molecule has 0 spiro atoms. The highest BCUT2D eigenvalue weighted by molar-refractivity contribution is 6.33. The molecule has 0 saturated heterocycles. The summed E-state index contributed by atoms with van der Waals surface area (Å²) in [5.41, 5.74) is 0.372. The molecule has 15 heavy (non-hydrogen) atoms. The highest BCUT2D eigenvalue weighted by atomic mass is 35.5. The number of phenols is 2. The monoisotopic (exact) mass is 222 g/mol. The molecule has 0 atom stereocenters. The van der Waals surface area contributed by atoms with E-state index >= 15 is 0 Å². The molecular weight excluding hydrogens is 214 g/mol. The van der Waals surface area contributed by atoms with Crippen LogP contribution in [0.4, 0.5) is 0 Å². The number of hydrogen-bond donors (Lipinski definition) is 2. The Labute approximate surface area is 91.8 Å². The lowest BCUT2D eigenvalue weighted by Crippen LogP contribution is -2.29. The molecular formula is C11H9ClNO2+. The van der Waals surface area contributed by atoms with Crippen LogP contribution in [-0.2, 0) is 0 Å². The van der Waals surface area contributed by atoms with Crippen molar-refractivity contribution < 1.29 is 14.8 Å². The van der Waals surface area contributed by atoms with Crippen molar-refractivity contribution in [3.63, 3.8) is 0 Å². The smallest absolute Gasteiger partial charge is 0.275 e. The molecule has 2 aromatic rings. The van der Waals surface area contributed by atoms with Gasteiger partial charge in [0.25, 0.3) is 5.69 Å². The van der Waals surface area contributed by atoms with E-state index in [1.165, 1.54) is 12.1 Å². The fraction of sp³-hybridized carbons (Fsp3) is 0. The second-order valence-electron chi connectivity index (χ2n) is 3.05. The van der Waals surface area contributed by atoms with Gasteiger partial charge in [0.2, 0.25) is 0 Å². The fourth-order valence-electron chi connectivity index (χ4n) is 1.34. The summed E-state index contributed by atoms with van der Waals surface area (Å²) in [6.07, 6.45) is 3.47. The lowest BCUT2D eigenvalue weighted by Gasteiger charge is -2.02. The van der Waals surface area contributed by atoms with E-state index in [2.05, 4.69) is 0 Å². The lowest BCUT2D eigenvalue weighted by atomic mass is 10.2. The maximum absolute atomic E-state index is 9.65. The fourth-order valence-corrected chi connectivity index (χ4v) is 1.59. The summed E-state index contributed by atoms with van der Waals surface area (Å²) in [5, 5.41) is 19.2. The van der Waals surface area contributed by atoms with Crippen LogP contribution in [0.1, 0.15) is 0 Å². The van der Waals surface area contributed by atoms with Gasteiger partial charge < -0.3 is 10.2 Å². The molecule has 0 radical (unpaired) electrons. The van der Waals surface area contributed by atoms with E-state index in [-0.39, 0.29) is 16.5 Å². The van der Waals surface area contributed by atoms with Gasteiger partial charge in [0.15, 0.2) is 23.2 Å². The third kappa shape index (κ3) is 1.74. The van der Waals surface area contributed by atoms with Crippen LogP contribution in [0.5, 0.6) is 11.5 Å². The van der Waals surface area contributed by atoms with Crippen molar-refractivity contribution in [3.8, 4) is 17.2 Å². The van der Waals surface area contributed by atoms with Crippen molar-refractivity contribution in [1.29, 1.82) is 0 Å². The average molecular weight is 223 g/mol. The van der Waals surface area contributed by atoms with Crippen molar-refractivity contribution in [2.75, 3.05) is 0 Å². The molecule has 0 unspecified atom stereocenters. The molecule has 2 N–H and O–H groups in total. The quantitative estimate of drug-likeness (QED) is 0.573. The molecule has 0 aliphatic carbocycles. The molecule has 0 bridgehead atoms. The molecule has 76 valence electrons. The third-order valence-electron chi connectivity index (χ3n) is 2.05. The highest BCUT2D eigenvalue weighted by Gasteiger charge is 2.19. The van der Waals surface area contributed by atoms with E-state index in [4.69, 9.17) is 11.6 Å². The SMILES string of the molecule is Oc1ccc(O)c(-[n+]2ccccc2)c1Cl. The Morgan fingerprint density at radius 3 is 2.20 bits per heavy atom. The van der Waals surface area contributed by atoms with Gasteiger partial charge in [0, 0.05) is 12.1 Å². The van der Waals surface area contributed by atoms with Crippen molar-refractivity contribution in [3.05, 3.63) is 47.7 Å². The van der Waals surface area contributed by atoms with E-state index in [1.54, 1.807) is 29.1 Å². The molecule has 1 heterocycles. The molecule has 0 aliphatic heterocycles. The number of aromatic nitrogens is 1. The minimum atomic E-state index is -0.0548. The van der Waals surface area contributed by atoms with E-state index < -0.39 is 0 Å². The first-order valence-electron chi connectivity index (χ1n) is 4.37. The summed E-state index contributed by atoms with van der Waals surface area (Å²) in [5.74, 6) is -0.0326. The highest BCUT2D eigenvalue weighted by Crippen LogP contribution is 2.33. The van der Waals surface area contributed by atoms with Crippen molar-refractivity contribution >= 4 is 11.6 Å². The van der Waals surface area contributed by atoms with Crippen molar-refractivity contribution in [2.45, 2.75) is 0 Å². The molecule has 0 aliphatic rings. The topological polar surface area (TPSA) is 44.3 Å². The Balaban J connectivity index is 2.68. The Hall–Kier alpha value is -1.74. The van der Waals surface area contributed by atoms with Gasteiger partial charge in [-0.1, -0.05) is 17.7 Å². The lowest BCUT2D eigenvalue weighted by molar-refractivity contribution is -0.596. The summed E-state index contributed by atoms with van der Waals surface area (Å²) in [6, 6.07) is 8.21. The number of pyridine rings is 1. The van der Waals surface area contributed by atoms with Gasteiger partial charge in [-0.25, -0.2) is 0 Å². The summed E-state index contributed by atoms with van der Waals surface area (Å²) < 4.78 is 1.64. The normalized spacial score (nSPS) is 10.2. The Kier molecular flexibility index (Phi) is 2.47. The molecule has 0 fully saturated rings. The zero-order valence-corrected chi connectivity index (χ0v) is 8.52. The van der Waals surface area contributed by atoms with Gasteiger partial charge in [-0.3, -0.25) is 0 Å². The summed E-state index contributed by atoms with van der Waals surface area (Å²) in [4.78, 5) is 0. The largest absolute Gasteiger partial charge is 0.506 e. The number of aromatic hydroxyl groups is 2. The standard InChI is InChI=1S/C11H8ClNO2/c12-10-8(14)4-5-9(15)11(10)13-6-2-1-3-7-13/h1-7H,(H-,14,15)/p+1. The maximum Gasteiger partial charge on any atom is 0.275 e. The summed E-state index contributed by atoms with van der Waals surface area (Å²) >= 11 is 5.90. The summed E-state index contributed by atoms with van der Waals surface area (Å²) in [6.45, 7) is 0. The third-order valence-corrected chi connectivity index (χ3v) is 2.42. The minimum Gasteiger partial charge on any atom is -0.506 e. The molecule has 0 saturated carbocycles. The number of benzene rings is 1. The van der Waals surface area contributed by atoms with Crippen molar-refractivity contribution in [1.82, 2.24) is 0 Å². The number of phenolic OH excluding ortho intramolecular Hbond substituents is 2. The zero-order valence-electron chi connectivity index (χ0n) is 7.76. The van der Waals surface area contributed by atoms with Crippen LogP contribution in [0.3, 0.4) is 0 Å². The minimum absolute atomic E-state index is 0.0222. The van der Waals surface area contributed by atoms with E-state index in [9.17, 15) is 10.2 Å². The first-order valence-corrected chi connectivity index (χ1v) is 4.75. The maximum atomic E-state index is 9.65. The van der Waals surface area contributed by atoms with Gasteiger partial charge in [-0.05, 0) is 12.1 Å². The van der Waals surface area contributed by atoms with Gasteiger partial charge in [-0.15, -0.1) is 0 Å². The Bertz CT molecular complexity index is 485. The summed E-state index contributed by atoms with van der Waals surface area (Å²) in [7, 11) is 0. The van der Waals surface area contributed by atoms with Gasteiger partial charge >= 0.3 is 0 Å². The van der Waals surface area contributed by atoms with E-state index in [0.717, 1.165) is 0 Å². The first-order chi connectivity index (χ1) is 7.20. The second-order valence-corrected chi connectivity index (χ2v) is 3.43. The first kappa shape index (κ1) is 9.80. The van der Waals surface area contributed by atoms with Crippen molar-refractivity contribution in [2.24, 2.45) is 0 Å². The zero-order chi connectivity index (χ0) is 10.8. The average Bonchev–Trinajstić information content (AvgIpc) is 2.26. The number of nitrogens with zero attached hydrogens (tertiary/aromatic N) is 1. The molecule has 3 nitrogen and oxygen atoms in total. The van der Waals surface area contributed by atoms with Crippen LogP contribution in [0, 0.1) is 0 Å². The van der Waals surface area contributed by atoms with Gasteiger partial charge in [0.05, 0.1) is 0 Å². The van der Waals surface area contributed by atoms with E-state index in [1.807, 2.05) is 6.07 Å². The van der Waals surface area contributed by atoms with Gasteiger partial charge in [0.1, 0.15) is 5.75 Å². The van der Waals surface area contributed by atoms with Gasteiger partial charge in [-0.2, -0.15) is 4.57 Å². The second kappa shape index (κ2) is 3.79. The Morgan fingerprint density at radius 1 is 0.933 bits per heavy atom. The van der Waals surface area contributed by atoms with Crippen LogP contribution >= 0.6 is 11.6 Å². The van der Waals surface area contributed by atoms with Crippen LogP contribution < -0.4 is 4.57 Å². The molecule has 1 aromatic carbocycles. The molecule has 1 aromatic heterocycles. The van der Waals surface area contributed by atoms with E-state index in [0.29, 0.717) is 5.69 Å². The van der Waals surface area contributed by atoms with Crippen LogP contribution in [0.15, 0.2) is 42.7 Å². The number of rotatable bonds is 1. The van der Waals surface area contributed by atoms with Crippen LogP contribution in [-0.4, -0.2) is 10.2 Å². The predicted molar refractivity (Wildman–Crippen MR) is 56.3 cm³/mol. The predicted octanol–water partition coefficient (Wildman–Crippen LogP) is 2.03.